The van der Waals surface area contributed by atoms with Gasteiger partial charge in [-0.15, -0.1) is 5.10 Å². The molecule has 0 saturated carbocycles. The Bertz CT molecular complexity index is 638. The Morgan fingerprint density at radius 1 is 1.45 bits per heavy atom. The molecule has 1 aliphatic heterocycles. The van der Waals surface area contributed by atoms with Gasteiger partial charge in [-0.25, -0.2) is 4.79 Å². The zero-order valence-corrected chi connectivity index (χ0v) is 10.5. The van der Waals surface area contributed by atoms with Gasteiger partial charge >= 0.3 is 21.7 Å². The van der Waals surface area contributed by atoms with Gasteiger partial charge in [0.15, 0.2) is 0 Å². The third-order valence-corrected chi connectivity index (χ3v) is 3.58. The second-order valence-electron chi connectivity index (χ2n) is 3.92. The van der Waals surface area contributed by atoms with Crippen molar-refractivity contribution in [2.24, 2.45) is 0 Å². The number of hydrogen-bond donors (Lipinski definition) is 2. The van der Waals surface area contributed by atoms with Gasteiger partial charge in [0, 0.05) is 18.7 Å². The topological polar surface area (TPSA) is 113 Å². The molecule has 0 bridgehead atoms. The molecule has 0 radical (unpaired) electrons. The quantitative estimate of drug-likeness (QED) is 0.613. The van der Waals surface area contributed by atoms with Crippen LogP contribution in [0.3, 0.4) is 0 Å². The van der Waals surface area contributed by atoms with Crippen LogP contribution in [0.1, 0.15) is 11.3 Å². The van der Waals surface area contributed by atoms with Crippen LogP contribution in [0.4, 0.5) is 18.0 Å². The van der Waals surface area contributed by atoms with E-state index in [0.717, 1.165) is 4.90 Å². The van der Waals surface area contributed by atoms with Crippen LogP contribution in [-0.4, -0.2) is 46.8 Å². The lowest BCUT2D eigenvalue weighted by atomic mass is 10.1. The summed E-state index contributed by atoms with van der Waals surface area (Å²) in [6.07, 6.45) is -1.11. The third-order valence-electron chi connectivity index (χ3n) is 2.64. The summed E-state index contributed by atoms with van der Waals surface area (Å²) in [5.41, 5.74) is -5.26. The number of H-pyrrole nitrogens is 1. The van der Waals surface area contributed by atoms with E-state index in [9.17, 15) is 26.4 Å². The fourth-order valence-electron chi connectivity index (χ4n) is 1.65. The molecule has 20 heavy (non-hydrogen) atoms. The van der Waals surface area contributed by atoms with E-state index in [-0.39, 0.29) is 25.1 Å². The summed E-state index contributed by atoms with van der Waals surface area (Å²) in [7, 11) is -5.84. The molecule has 2 heterocycles. The minimum absolute atomic E-state index is 0.0218. The lowest BCUT2D eigenvalue weighted by Gasteiger charge is -2.23. The standard InChI is InChI=1S/C8H8F3N3O5S/c9-8(10,11)20(17,18)19-6-4-3-14(7(15)16)2-1-5(4)12-13-6/h1-3H2,(H,12,13)(H,15,16). The molecule has 1 aromatic heterocycles. The van der Waals surface area contributed by atoms with Crippen molar-refractivity contribution in [3.05, 3.63) is 11.3 Å². The summed E-state index contributed by atoms with van der Waals surface area (Å²) < 4.78 is 62.3. The predicted octanol–water partition coefficient (Wildman–Crippen LogP) is 0.674. The van der Waals surface area contributed by atoms with E-state index < -0.39 is 27.6 Å². The van der Waals surface area contributed by atoms with Crippen LogP contribution in [-0.2, 0) is 23.1 Å². The highest BCUT2D eigenvalue weighted by Crippen LogP contribution is 2.31. The van der Waals surface area contributed by atoms with Crippen molar-refractivity contribution in [1.29, 1.82) is 0 Å². The molecular formula is C8H8F3N3O5S. The maximum absolute atomic E-state index is 12.2. The maximum atomic E-state index is 12.2. The van der Waals surface area contributed by atoms with E-state index in [2.05, 4.69) is 14.4 Å². The number of alkyl halides is 3. The molecule has 0 saturated heterocycles. The molecule has 112 valence electrons. The van der Waals surface area contributed by atoms with Crippen LogP contribution in [0, 0.1) is 0 Å². The summed E-state index contributed by atoms with van der Waals surface area (Å²) >= 11 is 0. The number of hydrogen-bond acceptors (Lipinski definition) is 5. The average molecular weight is 315 g/mol. The highest BCUT2D eigenvalue weighted by Gasteiger charge is 2.49. The lowest BCUT2D eigenvalue weighted by Crippen LogP contribution is -2.35. The molecule has 0 unspecified atom stereocenters. The lowest BCUT2D eigenvalue weighted by molar-refractivity contribution is -0.0501. The van der Waals surface area contributed by atoms with E-state index in [1.54, 1.807) is 0 Å². The zero-order valence-electron chi connectivity index (χ0n) is 9.64. The van der Waals surface area contributed by atoms with E-state index in [0.29, 0.717) is 5.69 Å². The number of halogens is 3. The van der Waals surface area contributed by atoms with Crippen LogP contribution < -0.4 is 4.18 Å². The smallest absolute Gasteiger partial charge is 0.465 e. The Morgan fingerprint density at radius 2 is 2.10 bits per heavy atom. The molecule has 0 spiro atoms. The van der Waals surface area contributed by atoms with Crippen LogP contribution in [0.25, 0.3) is 0 Å². The summed E-state index contributed by atoms with van der Waals surface area (Å²) in [5.74, 6) is -0.789. The molecule has 0 aromatic carbocycles. The van der Waals surface area contributed by atoms with E-state index in [4.69, 9.17) is 5.11 Å². The van der Waals surface area contributed by atoms with Crippen molar-refractivity contribution >= 4 is 16.2 Å². The van der Waals surface area contributed by atoms with E-state index in [1.807, 2.05) is 0 Å². The maximum Gasteiger partial charge on any atom is 0.534 e. The number of nitrogens with zero attached hydrogens (tertiary/aromatic N) is 2. The fraction of sp³-hybridized carbons (Fsp3) is 0.500. The molecule has 2 N–H and O–H groups in total. The monoisotopic (exact) mass is 315 g/mol. The van der Waals surface area contributed by atoms with Crippen molar-refractivity contribution in [1.82, 2.24) is 15.1 Å². The minimum atomic E-state index is -5.84. The van der Waals surface area contributed by atoms with Crippen LogP contribution in [0.2, 0.25) is 0 Å². The summed E-state index contributed by atoms with van der Waals surface area (Å²) in [6.45, 7) is -0.181. The number of carboxylic acid groups (broad SMARTS) is 1. The van der Waals surface area contributed by atoms with Crippen molar-refractivity contribution in [3.63, 3.8) is 0 Å². The molecule has 1 aliphatic rings. The van der Waals surface area contributed by atoms with Gasteiger partial charge < -0.3 is 14.2 Å². The molecule has 12 heteroatoms. The SMILES string of the molecule is O=C(O)N1CCc2[nH]nc(OS(=O)(=O)C(F)(F)F)c2C1. The first-order valence-electron chi connectivity index (χ1n) is 5.16. The van der Waals surface area contributed by atoms with Gasteiger partial charge in [0.05, 0.1) is 12.1 Å². The molecule has 2 rings (SSSR count). The molecular weight excluding hydrogens is 307 g/mol. The Morgan fingerprint density at radius 3 is 2.65 bits per heavy atom. The third kappa shape index (κ3) is 2.50. The van der Waals surface area contributed by atoms with E-state index >= 15 is 0 Å². The van der Waals surface area contributed by atoms with E-state index in [1.165, 1.54) is 0 Å². The summed E-state index contributed by atoms with van der Waals surface area (Å²) in [5, 5.41) is 14.5. The number of aromatic nitrogens is 2. The number of nitrogens with one attached hydrogen (secondary N) is 1. The average Bonchev–Trinajstić information content (AvgIpc) is 2.69. The van der Waals surface area contributed by atoms with Crippen LogP contribution >= 0.6 is 0 Å². The Hall–Kier alpha value is -1.98. The first-order chi connectivity index (χ1) is 9.12. The predicted molar refractivity (Wildman–Crippen MR) is 56.3 cm³/mol. The fourth-order valence-corrected chi connectivity index (χ4v) is 2.09. The molecule has 0 atom stereocenters. The normalized spacial score (nSPS) is 15.8. The minimum Gasteiger partial charge on any atom is -0.465 e. The van der Waals surface area contributed by atoms with Gasteiger partial charge in [-0.2, -0.15) is 21.6 Å². The number of aromatic amines is 1. The summed E-state index contributed by atoms with van der Waals surface area (Å²) in [6, 6.07) is 0. The Labute approximate surface area is 110 Å². The van der Waals surface area contributed by atoms with Gasteiger partial charge in [0.1, 0.15) is 0 Å². The van der Waals surface area contributed by atoms with Gasteiger partial charge in [0.2, 0.25) is 0 Å². The largest absolute Gasteiger partial charge is 0.534 e. The molecule has 0 fully saturated rings. The molecule has 0 aliphatic carbocycles. The molecule has 1 amide bonds. The van der Waals surface area contributed by atoms with Gasteiger partial charge in [-0.1, -0.05) is 0 Å². The number of rotatable bonds is 2. The summed E-state index contributed by atoms with van der Waals surface area (Å²) in [4.78, 5) is 11.7. The second-order valence-corrected chi connectivity index (χ2v) is 5.46. The highest BCUT2D eigenvalue weighted by molar-refractivity contribution is 7.87. The second kappa shape index (κ2) is 4.54. The molecule has 8 nitrogen and oxygen atoms in total. The Kier molecular flexibility index (Phi) is 3.28. The zero-order chi connectivity index (χ0) is 15.1. The number of carbonyl (C=O) groups is 1. The van der Waals surface area contributed by atoms with Crippen molar-refractivity contribution in [3.8, 4) is 5.88 Å². The van der Waals surface area contributed by atoms with Gasteiger partial charge in [-0.3, -0.25) is 5.10 Å². The number of fused-ring (bicyclic) bond motifs is 1. The van der Waals surface area contributed by atoms with Crippen LogP contribution in [0.15, 0.2) is 0 Å². The van der Waals surface area contributed by atoms with Gasteiger partial charge in [0.25, 0.3) is 5.88 Å². The van der Waals surface area contributed by atoms with Crippen molar-refractivity contribution < 1.29 is 35.7 Å². The van der Waals surface area contributed by atoms with Crippen LogP contribution in [0.5, 0.6) is 5.88 Å². The highest BCUT2D eigenvalue weighted by atomic mass is 32.2. The van der Waals surface area contributed by atoms with Crippen molar-refractivity contribution in [2.75, 3.05) is 6.54 Å². The first-order valence-corrected chi connectivity index (χ1v) is 6.57. The number of amides is 1. The first kappa shape index (κ1) is 14.4. The molecule has 1 aromatic rings. The Balaban J connectivity index is 2.29. The van der Waals surface area contributed by atoms with Crippen molar-refractivity contribution in [2.45, 2.75) is 18.5 Å². The van der Waals surface area contributed by atoms with Gasteiger partial charge in [-0.05, 0) is 0 Å².